The Morgan fingerprint density at radius 1 is 0.778 bits per heavy atom. The summed E-state index contributed by atoms with van der Waals surface area (Å²) in [5.41, 5.74) is 9.61. The Bertz CT molecular complexity index is 523. The van der Waals surface area contributed by atoms with Crippen LogP contribution >= 0.6 is 17.0 Å². The first-order chi connectivity index (χ1) is 13.2. The van der Waals surface area contributed by atoms with E-state index in [0.717, 1.165) is 0 Å². The van der Waals surface area contributed by atoms with Gasteiger partial charge in [-0.25, -0.2) is 12.1 Å². The van der Waals surface area contributed by atoms with E-state index >= 15 is 0 Å². The van der Waals surface area contributed by atoms with Crippen LogP contribution in [-0.2, 0) is 59.4 Å². The zero-order chi connectivity index (χ0) is 20.1. The van der Waals surface area contributed by atoms with Gasteiger partial charge in [0, 0.05) is 0 Å². The third kappa shape index (κ3) is 8.59. The maximum atomic E-state index is 4.93. The molecule has 152 valence electrons. The Labute approximate surface area is 186 Å². The second kappa shape index (κ2) is 15.1. The van der Waals surface area contributed by atoms with E-state index < -0.39 is 20.8 Å². The number of aryl methyl sites for hydroxylation is 6. The third-order valence-electron chi connectivity index (χ3n) is 5.36. The van der Waals surface area contributed by atoms with Crippen molar-refractivity contribution >= 4 is 17.0 Å². The van der Waals surface area contributed by atoms with Crippen molar-refractivity contribution in [1.29, 1.82) is 0 Å². The SMILES string of the molecule is CCc1cc2c([cH-]1)CCCC2.CCc1cc2c([cH-]1)CCCC2.[CH2-]C.[Cl][Zr][Cl]. The van der Waals surface area contributed by atoms with E-state index in [1.807, 2.05) is 0 Å². The van der Waals surface area contributed by atoms with Gasteiger partial charge in [-0.05, 0) is 0 Å². The quantitative estimate of drug-likeness (QED) is 0.379. The second-order valence-electron chi connectivity index (χ2n) is 7.02. The normalized spacial score (nSPS) is 14.1. The first kappa shape index (κ1) is 25.2. The van der Waals surface area contributed by atoms with Crippen molar-refractivity contribution in [3.63, 3.8) is 0 Å². The molecule has 2 aromatic carbocycles. The number of hydrogen-bond acceptors (Lipinski definition) is 0. The number of fused-ring (bicyclic) bond motifs is 2. The van der Waals surface area contributed by atoms with Crippen LogP contribution in [0.2, 0.25) is 0 Å². The van der Waals surface area contributed by atoms with Crippen molar-refractivity contribution in [2.45, 2.75) is 85.0 Å². The molecule has 0 spiro atoms. The van der Waals surface area contributed by atoms with E-state index in [-0.39, 0.29) is 0 Å². The molecule has 2 aliphatic rings. The molecule has 0 amide bonds. The fourth-order valence-electron chi connectivity index (χ4n) is 3.95. The van der Waals surface area contributed by atoms with Crippen molar-refractivity contribution in [2.24, 2.45) is 0 Å². The van der Waals surface area contributed by atoms with E-state index in [9.17, 15) is 0 Å². The summed E-state index contributed by atoms with van der Waals surface area (Å²) in [6, 6.07) is 9.59. The molecule has 2 aromatic rings. The predicted molar refractivity (Wildman–Crippen MR) is 119 cm³/mol. The molecule has 2 aliphatic carbocycles. The minimum absolute atomic E-state index is 0.826. The molecule has 0 heterocycles. The van der Waals surface area contributed by atoms with Crippen molar-refractivity contribution in [1.82, 2.24) is 0 Å². The van der Waals surface area contributed by atoms with E-state index in [1.165, 1.54) is 75.3 Å². The van der Waals surface area contributed by atoms with Gasteiger partial charge >= 0.3 is 37.9 Å². The van der Waals surface area contributed by atoms with Gasteiger partial charge in [0.05, 0.1) is 0 Å². The van der Waals surface area contributed by atoms with E-state index in [1.54, 1.807) is 29.2 Å². The first-order valence-corrected chi connectivity index (χ1v) is 16.8. The zero-order valence-corrected chi connectivity index (χ0v) is 21.3. The van der Waals surface area contributed by atoms with Crippen LogP contribution in [0.3, 0.4) is 0 Å². The van der Waals surface area contributed by atoms with Crippen LogP contribution in [0.4, 0.5) is 0 Å². The number of halogens is 2. The number of hydrogen-bond donors (Lipinski definition) is 0. The van der Waals surface area contributed by atoms with Crippen LogP contribution in [0.1, 0.15) is 79.8 Å². The molecule has 0 aliphatic heterocycles. The Morgan fingerprint density at radius 3 is 1.41 bits per heavy atom. The van der Waals surface area contributed by atoms with Gasteiger partial charge in [-0.3, -0.25) is 0 Å². The average Bonchev–Trinajstić information content (AvgIpc) is 3.34. The van der Waals surface area contributed by atoms with Gasteiger partial charge < -0.3 is 6.92 Å². The molecule has 4 rings (SSSR count). The molecule has 0 unspecified atom stereocenters. The first-order valence-electron chi connectivity index (χ1n) is 10.4. The van der Waals surface area contributed by atoms with Gasteiger partial charge in [0.1, 0.15) is 0 Å². The number of rotatable bonds is 2. The Hall–Kier alpha value is 0.163. The fourth-order valence-corrected chi connectivity index (χ4v) is 3.95. The van der Waals surface area contributed by atoms with Crippen LogP contribution < -0.4 is 0 Å². The Kier molecular flexibility index (Phi) is 14.1. The molecule has 0 N–H and O–H groups in total. The summed E-state index contributed by atoms with van der Waals surface area (Å²) >= 11 is -0.826. The van der Waals surface area contributed by atoms with Gasteiger partial charge in [0.15, 0.2) is 0 Å². The summed E-state index contributed by atoms with van der Waals surface area (Å²) in [6.45, 7) is 9.47. The standard InChI is InChI=1S/2C11H15.C2H5.2ClH.Zr/c2*1-2-9-7-10-5-3-4-6-11(10)8-9;1-2;;;/h2*7-8H,2-6H2,1H3;1H2,2H3;2*1H;/q3*-1;;;+2/p-2. The average molecular weight is 486 g/mol. The fraction of sp³-hybridized carbons (Fsp3) is 0.542. The summed E-state index contributed by atoms with van der Waals surface area (Å²) in [7, 11) is 9.87. The maximum absolute atomic E-state index is 4.93. The summed E-state index contributed by atoms with van der Waals surface area (Å²) in [6.07, 6.45) is 13.3. The second-order valence-corrected chi connectivity index (χ2v) is 10.8. The predicted octanol–water partition coefficient (Wildman–Crippen LogP) is 7.91. The molecule has 0 fully saturated rings. The van der Waals surface area contributed by atoms with Gasteiger partial charge in [0.25, 0.3) is 0 Å². The summed E-state index contributed by atoms with van der Waals surface area (Å²) in [4.78, 5) is 0. The monoisotopic (exact) mass is 483 g/mol. The minimum atomic E-state index is -0.826. The van der Waals surface area contributed by atoms with Crippen LogP contribution in [0.25, 0.3) is 0 Å². The summed E-state index contributed by atoms with van der Waals surface area (Å²) < 4.78 is 0. The van der Waals surface area contributed by atoms with E-state index in [4.69, 9.17) is 17.0 Å². The molecule has 3 heteroatoms. The summed E-state index contributed by atoms with van der Waals surface area (Å²) in [5.74, 6) is 0. The van der Waals surface area contributed by atoms with Gasteiger partial charge in [-0.1, -0.05) is 78.1 Å². The van der Waals surface area contributed by atoms with E-state index in [2.05, 4.69) is 45.0 Å². The Morgan fingerprint density at radius 2 is 1.11 bits per heavy atom. The van der Waals surface area contributed by atoms with Gasteiger partial charge in [0.2, 0.25) is 0 Å². The third-order valence-corrected chi connectivity index (χ3v) is 5.36. The molecule has 0 bridgehead atoms. The van der Waals surface area contributed by atoms with Crippen LogP contribution in [-0.4, -0.2) is 0 Å². The van der Waals surface area contributed by atoms with Crippen LogP contribution in [0, 0.1) is 6.92 Å². The molecule has 0 saturated carbocycles. The van der Waals surface area contributed by atoms with E-state index in [0.29, 0.717) is 0 Å². The molecule has 0 atom stereocenters. The van der Waals surface area contributed by atoms with Crippen molar-refractivity contribution in [3.8, 4) is 0 Å². The molecule has 27 heavy (non-hydrogen) atoms. The van der Waals surface area contributed by atoms with Gasteiger partial charge in [-0.2, -0.15) is 52.4 Å². The van der Waals surface area contributed by atoms with Crippen molar-refractivity contribution in [3.05, 3.63) is 64.6 Å². The zero-order valence-electron chi connectivity index (χ0n) is 17.3. The molecule has 0 aromatic heterocycles. The topological polar surface area (TPSA) is 0 Å². The van der Waals surface area contributed by atoms with Crippen molar-refractivity contribution in [2.75, 3.05) is 0 Å². The molecule has 0 nitrogen and oxygen atoms in total. The van der Waals surface area contributed by atoms with Crippen LogP contribution in [0.15, 0.2) is 24.3 Å². The van der Waals surface area contributed by atoms with Gasteiger partial charge in [-0.15, -0.1) is 0 Å². The molecular weight excluding hydrogens is 450 g/mol. The Balaban J connectivity index is 0.000000219. The molecule has 0 radical (unpaired) electrons. The van der Waals surface area contributed by atoms with Crippen LogP contribution in [0.5, 0.6) is 0 Å². The molecular formula is C24H35Cl2Zr-3. The molecule has 0 saturated heterocycles. The van der Waals surface area contributed by atoms with Crippen molar-refractivity contribution < 1.29 is 20.8 Å². The summed E-state index contributed by atoms with van der Waals surface area (Å²) in [5, 5.41) is 0.